The fourth-order valence-electron chi connectivity index (χ4n) is 4.01. The highest BCUT2D eigenvalue weighted by atomic mass is 19.1. The van der Waals surface area contributed by atoms with E-state index < -0.39 is 11.7 Å². The van der Waals surface area contributed by atoms with Crippen molar-refractivity contribution in [1.82, 2.24) is 5.32 Å². The molecule has 0 bridgehead atoms. The van der Waals surface area contributed by atoms with Crippen molar-refractivity contribution in [3.63, 3.8) is 0 Å². The molecule has 4 rings (SSSR count). The molecule has 1 heterocycles. The van der Waals surface area contributed by atoms with Crippen LogP contribution < -0.4 is 10.6 Å². The molecule has 1 saturated carbocycles. The number of nitrogens with one attached hydrogen (secondary N) is 2. The van der Waals surface area contributed by atoms with E-state index in [1.807, 2.05) is 18.2 Å². The highest BCUT2D eigenvalue weighted by Crippen LogP contribution is 2.43. The second kappa shape index (κ2) is 6.56. The number of carbonyl (C=O) groups is 2. The molecule has 5 heteroatoms. The molecule has 2 aromatic carbocycles. The predicted octanol–water partition coefficient (Wildman–Crippen LogP) is 3.49. The molecule has 0 unspecified atom stereocenters. The van der Waals surface area contributed by atoms with Crippen molar-refractivity contribution in [2.24, 2.45) is 0 Å². The molecule has 1 fully saturated rings. The van der Waals surface area contributed by atoms with Crippen molar-refractivity contribution in [3.05, 3.63) is 65.5 Å². The molecule has 2 amide bonds. The van der Waals surface area contributed by atoms with Crippen LogP contribution in [-0.2, 0) is 15.0 Å². The Balaban J connectivity index is 1.51. The van der Waals surface area contributed by atoms with Crippen LogP contribution in [0.5, 0.6) is 0 Å². The Hall–Kier alpha value is -2.69. The largest absolute Gasteiger partial charge is 0.355 e. The average Bonchev–Trinajstić information content (AvgIpc) is 2.60. The van der Waals surface area contributed by atoms with E-state index >= 15 is 0 Å². The van der Waals surface area contributed by atoms with E-state index in [0.717, 1.165) is 19.3 Å². The highest BCUT2D eigenvalue weighted by molar-refractivity contribution is 6.01. The van der Waals surface area contributed by atoms with Gasteiger partial charge in [0.2, 0.25) is 11.8 Å². The van der Waals surface area contributed by atoms with E-state index in [2.05, 4.69) is 22.8 Å². The Morgan fingerprint density at radius 3 is 2.65 bits per heavy atom. The van der Waals surface area contributed by atoms with Gasteiger partial charge in [-0.15, -0.1) is 0 Å². The van der Waals surface area contributed by atoms with Gasteiger partial charge in [-0.1, -0.05) is 42.8 Å². The lowest BCUT2D eigenvalue weighted by molar-refractivity contribution is -0.126. The van der Waals surface area contributed by atoms with E-state index in [0.29, 0.717) is 17.8 Å². The molecule has 2 N–H and O–H groups in total. The summed E-state index contributed by atoms with van der Waals surface area (Å²) in [5.74, 6) is -1.44. The zero-order chi connectivity index (χ0) is 18.1. The number of hydrogen-bond donors (Lipinski definition) is 2. The smallest absolute Gasteiger partial charge is 0.228 e. The molecular weight excluding hydrogens is 331 g/mol. The molecule has 0 radical (unpaired) electrons. The zero-order valence-corrected chi connectivity index (χ0v) is 14.4. The van der Waals surface area contributed by atoms with Gasteiger partial charge in [0.1, 0.15) is 5.82 Å². The Labute approximate surface area is 151 Å². The molecule has 0 spiro atoms. The summed E-state index contributed by atoms with van der Waals surface area (Å²) in [4.78, 5) is 24.8. The fourth-order valence-corrected chi connectivity index (χ4v) is 4.01. The predicted molar refractivity (Wildman–Crippen MR) is 97.4 cm³/mol. The summed E-state index contributed by atoms with van der Waals surface area (Å²) in [5.41, 5.74) is 2.29. The van der Waals surface area contributed by atoms with Crippen LogP contribution in [0.3, 0.4) is 0 Å². The number of amides is 2. The summed E-state index contributed by atoms with van der Waals surface area (Å²) in [5, 5.41) is 5.70. The number of hydrogen-bond acceptors (Lipinski definition) is 2. The Morgan fingerprint density at radius 2 is 1.96 bits per heavy atom. The molecule has 1 aliphatic carbocycles. The molecular formula is C21H21FN2O2. The third-order valence-electron chi connectivity index (χ3n) is 5.67. The number of benzene rings is 2. The maximum atomic E-state index is 13.4. The Kier molecular flexibility index (Phi) is 4.23. The van der Waals surface area contributed by atoms with Crippen LogP contribution in [0.4, 0.5) is 10.1 Å². The van der Waals surface area contributed by atoms with Crippen molar-refractivity contribution >= 4 is 17.5 Å². The summed E-state index contributed by atoms with van der Waals surface area (Å²) < 4.78 is 13.4. The van der Waals surface area contributed by atoms with Gasteiger partial charge in [-0.05, 0) is 36.1 Å². The lowest BCUT2D eigenvalue weighted by Gasteiger charge is -2.43. The van der Waals surface area contributed by atoms with Gasteiger partial charge in [-0.2, -0.15) is 0 Å². The second-order valence-electron chi connectivity index (χ2n) is 7.25. The third-order valence-corrected chi connectivity index (χ3v) is 5.67. The van der Waals surface area contributed by atoms with E-state index in [1.165, 1.54) is 17.7 Å². The monoisotopic (exact) mass is 352 g/mol. The SMILES string of the molecule is O=C1C[C@H](C(=O)NCC2(c3ccccc3)CCC2)c2ccc(F)cc2N1. The maximum Gasteiger partial charge on any atom is 0.228 e. The highest BCUT2D eigenvalue weighted by Gasteiger charge is 2.40. The lowest BCUT2D eigenvalue weighted by atomic mass is 9.64. The topological polar surface area (TPSA) is 58.2 Å². The van der Waals surface area contributed by atoms with E-state index in [9.17, 15) is 14.0 Å². The van der Waals surface area contributed by atoms with Crippen LogP contribution in [0.15, 0.2) is 48.5 Å². The number of halogens is 1. The number of anilines is 1. The van der Waals surface area contributed by atoms with E-state index in [4.69, 9.17) is 0 Å². The van der Waals surface area contributed by atoms with Crippen LogP contribution in [-0.4, -0.2) is 18.4 Å². The summed E-state index contributed by atoms with van der Waals surface area (Å²) in [6.45, 7) is 0.560. The summed E-state index contributed by atoms with van der Waals surface area (Å²) in [7, 11) is 0. The Bertz CT molecular complexity index is 846. The normalized spacial score (nSPS) is 20.5. The molecule has 1 aliphatic heterocycles. The van der Waals surface area contributed by atoms with Gasteiger partial charge in [0, 0.05) is 24.1 Å². The van der Waals surface area contributed by atoms with Crippen molar-refractivity contribution in [3.8, 4) is 0 Å². The minimum absolute atomic E-state index is 0.0144. The first-order valence-electron chi connectivity index (χ1n) is 9.00. The molecule has 2 aromatic rings. The standard InChI is InChI=1S/C21H21FN2O2/c22-15-7-8-16-17(12-19(25)24-18(16)11-15)20(26)23-13-21(9-4-10-21)14-5-2-1-3-6-14/h1-3,5-8,11,17H,4,9-10,12-13H2,(H,23,26)(H,24,25)/t17-/m0/s1. The van der Waals surface area contributed by atoms with Crippen molar-refractivity contribution in [1.29, 1.82) is 0 Å². The number of carbonyl (C=O) groups excluding carboxylic acids is 2. The average molecular weight is 352 g/mol. The molecule has 2 aliphatic rings. The molecule has 134 valence electrons. The summed E-state index contributed by atoms with van der Waals surface area (Å²) in [6.07, 6.45) is 3.33. The Morgan fingerprint density at radius 1 is 1.19 bits per heavy atom. The quantitative estimate of drug-likeness (QED) is 0.885. The van der Waals surface area contributed by atoms with Crippen LogP contribution in [0, 0.1) is 5.82 Å². The van der Waals surface area contributed by atoms with Gasteiger partial charge in [0.15, 0.2) is 0 Å². The van der Waals surface area contributed by atoms with Crippen LogP contribution in [0.25, 0.3) is 0 Å². The van der Waals surface area contributed by atoms with Gasteiger partial charge in [0.05, 0.1) is 5.92 Å². The summed E-state index contributed by atoms with van der Waals surface area (Å²) >= 11 is 0. The molecule has 26 heavy (non-hydrogen) atoms. The van der Waals surface area contributed by atoms with Crippen LogP contribution in [0.1, 0.15) is 42.7 Å². The number of fused-ring (bicyclic) bond motifs is 1. The zero-order valence-electron chi connectivity index (χ0n) is 14.4. The fraction of sp³-hybridized carbons (Fsp3) is 0.333. The molecule has 1 atom stereocenters. The van der Waals surface area contributed by atoms with Crippen LogP contribution in [0.2, 0.25) is 0 Å². The van der Waals surface area contributed by atoms with Crippen LogP contribution >= 0.6 is 0 Å². The maximum absolute atomic E-state index is 13.4. The molecule has 4 nitrogen and oxygen atoms in total. The van der Waals surface area contributed by atoms with Crippen molar-refractivity contribution in [2.75, 3.05) is 11.9 Å². The van der Waals surface area contributed by atoms with Crippen molar-refractivity contribution in [2.45, 2.75) is 37.0 Å². The van der Waals surface area contributed by atoms with E-state index in [-0.39, 0.29) is 23.7 Å². The first kappa shape index (κ1) is 16.8. The van der Waals surface area contributed by atoms with Gasteiger partial charge in [-0.3, -0.25) is 9.59 Å². The summed E-state index contributed by atoms with van der Waals surface area (Å²) in [6, 6.07) is 14.4. The third kappa shape index (κ3) is 2.98. The lowest BCUT2D eigenvalue weighted by Crippen LogP contribution is -2.47. The first-order chi connectivity index (χ1) is 12.6. The minimum atomic E-state index is -0.577. The minimum Gasteiger partial charge on any atom is -0.355 e. The second-order valence-corrected chi connectivity index (χ2v) is 7.25. The van der Waals surface area contributed by atoms with Gasteiger partial charge in [-0.25, -0.2) is 4.39 Å². The van der Waals surface area contributed by atoms with Gasteiger partial charge >= 0.3 is 0 Å². The molecule has 0 aromatic heterocycles. The molecule has 0 saturated heterocycles. The van der Waals surface area contributed by atoms with E-state index in [1.54, 1.807) is 6.07 Å². The number of rotatable bonds is 4. The van der Waals surface area contributed by atoms with Gasteiger partial charge in [0.25, 0.3) is 0 Å². The van der Waals surface area contributed by atoms with Crippen molar-refractivity contribution < 1.29 is 14.0 Å². The van der Waals surface area contributed by atoms with Gasteiger partial charge < -0.3 is 10.6 Å². The first-order valence-corrected chi connectivity index (χ1v) is 9.00.